The Balaban J connectivity index is 2.27. The molecule has 0 radical (unpaired) electrons. The van der Waals surface area contributed by atoms with Crippen LogP contribution in [0.5, 0.6) is 0 Å². The molecule has 2 rings (SSSR count). The van der Waals surface area contributed by atoms with Gasteiger partial charge in [-0.25, -0.2) is 4.39 Å². The predicted molar refractivity (Wildman–Crippen MR) is 63.9 cm³/mol. The van der Waals surface area contributed by atoms with E-state index in [1.807, 2.05) is 0 Å². The second-order valence-corrected chi connectivity index (χ2v) is 5.55. The van der Waals surface area contributed by atoms with Gasteiger partial charge in [0.15, 0.2) is 5.78 Å². The zero-order valence-electron chi connectivity index (χ0n) is 8.00. The van der Waals surface area contributed by atoms with Crippen LogP contribution in [-0.4, -0.2) is 17.3 Å². The van der Waals surface area contributed by atoms with Crippen LogP contribution in [0.1, 0.15) is 16.8 Å². The molecule has 1 aromatic carbocycles. The number of rotatable bonds is 2. The van der Waals surface area contributed by atoms with E-state index in [0.717, 1.165) is 17.9 Å². The van der Waals surface area contributed by atoms with Crippen LogP contribution in [0.25, 0.3) is 0 Å². The van der Waals surface area contributed by atoms with Crippen molar-refractivity contribution in [2.24, 2.45) is 5.92 Å². The Bertz CT molecular complexity index is 388. The molecule has 1 aromatic rings. The fourth-order valence-corrected chi connectivity index (χ4v) is 3.31. The van der Waals surface area contributed by atoms with Gasteiger partial charge in [-0.15, -0.1) is 0 Å². The van der Waals surface area contributed by atoms with Crippen molar-refractivity contribution >= 4 is 33.5 Å². The lowest BCUT2D eigenvalue weighted by atomic mass is 9.97. The summed E-state index contributed by atoms with van der Waals surface area (Å²) in [5, 5.41) is 0. The summed E-state index contributed by atoms with van der Waals surface area (Å²) in [5.41, 5.74) is 0.475. The van der Waals surface area contributed by atoms with E-state index in [4.69, 9.17) is 0 Å². The van der Waals surface area contributed by atoms with Crippen LogP contribution in [0.15, 0.2) is 22.7 Å². The first-order valence-corrected chi connectivity index (χ1v) is 6.70. The maximum absolute atomic E-state index is 13.0. The molecule has 1 heterocycles. The fraction of sp³-hybridized carbons (Fsp3) is 0.364. The van der Waals surface area contributed by atoms with E-state index in [2.05, 4.69) is 15.9 Å². The van der Waals surface area contributed by atoms with Crippen LogP contribution in [0.3, 0.4) is 0 Å². The third-order valence-electron chi connectivity index (χ3n) is 2.49. The minimum Gasteiger partial charge on any atom is -0.294 e. The molecule has 0 N–H and O–H groups in total. The largest absolute Gasteiger partial charge is 0.294 e. The first-order valence-electron chi connectivity index (χ1n) is 4.75. The molecular weight excluding hydrogens is 279 g/mol. The van der Waals surface area contributed by atoms with E-state index >= 15 is 0 Å². The molecule has 1 aliphatic heterocycles. The molecule has 0 aromatic heterocycles. The summed E-state index contributed by atoms with van der Waals surface area (Å²) in [6.07, 6.45) is 0.909. The van der Waals surface area contributed by atoms with Gasteiger partial charge in [-0.05, 0) is 30.4 Å². The fourth-order valence-electron chi connectivity index (χ4n) is 1.65. The van der Waals surface area contributed by atoms with Gasteiger partial charge < -0.3 is 0 Å². The number of thioether (sulfide) groups is 1. The van der Waals surface area contributed by atoms with Gasteiger partial charge in [0.25, 0.3) is 0 Å². The highest BCUT2D eigenvalue weighted by molar-refractivity contribution is 9.10. The number of hydrogen-bond acceptors (Lipinski definition) is 2. The smallest absolute Gasteiger partial charge is 0.168 e. The summed E-state index contributed by atoms with van der Waals surface area (Å²) in [6, 6.07) is 4.25. The topological polar surface area (TPSA) is 17.1 Å². The summed E-state index contributed by atoms with van der Waals surface area (Å²) in [5.74, 6) is 1.66. The quantitative estimate of drug-likeness (QED) is 0.775. The van der Waals surface area contributed by atoms with Crippen LogP contribution in [0, 0.1) is 11.7 Å². The molecule has 0 aliphatic carbocycles. The van der Waals surface area contributed by atoms with Crippen molar-refractivity contribution in [2.45, 2.75) is 6.42 Å². The van der Waals surface area contributed by atoms with Crippen molar-refractivity contribution < 1.29 is 9.18 Å². The van der Waals surface area contributed by atoms with Crippen LogP contribution in [0.2, 0.25) is 0 Å². The van der Waals surface area contributed by atoms with Gasteiger partial charge in [-0.2, -0.15) is 11.8 Å². The molecule has 1 unspecified atom stereocenters. The highest BCUT2D eigenvalue weighted by Crippen LogP contribution is 2.29. The van der Waals surface area contributed by atoms with Crippen molar-refractivity contribution in [1.82, 2.24) is 0 Å². The summed E-state index contributed by atoms with van der Waals surface area (Å²) in [6.45, 7) is 0. The summed E-state index contributed by atoms with van der Waals surface area (Å²) in [7, 11) is 0. The molecule has 1 fully saturated rings. The predicted octanol–water partition coefficient (Wildman–Crippen LogP) is 3.52. The Morgan fingerprint density at radius 2 is 2.33 bits per heavy atom. The van der Waals surface area contributed by atoms with E-state index in [-0.39, 0.29) is 17.5 Å². The van der Waals surface area contributed by atoms with E-state index < -0.39 is 0 Å². The van der Waals surface area contributed by atoms with Gasteiger partial charge in [-0.3, -0.25) is 4.79 Å². The second-order valence-electron chi connectivity index (χ2n) is 3.55. The molecule has 1 aliphatic rings. The highest BCUT2D eigenvalue weighted by atomic mass is 79.9. The molecule has 1 nitrogen and oxygen atoms in total. The van der Waals surface area contributed by atoms with E-state index in [1.165, 1.54) is 12.1 Å². The Morgan fingerprint density at radius 1 is 1.53 bits per heavy atom. The first kappa shape index (κ1) is 11.1. The number of carbonyl (C=O) groups is 1. The Morgan fingerprint density at radius 3 is 3.00 bits per heavy atom. The SMILES string of the molecule is O=C(c1cc(F)ccc1Br)C1CCSC1. The molecule has 1 atom stereocenters. The molecule has 0 bridgehead atoms. The minimum absolute atomic E-state index is 0.0615. The van der Waals surface area contributed by atoms with Crippen LogP contribution in [-0.2, 0) is 0 Å². The normalized spacial score (nSPS) is 20.5. The van der Waals surface area contributed by atoms with Gasteiger partial charge >= 0.3 is 0 Å². The number of benzene rings is 1. The van der Waals surface area contributed by atoms with Crippen molar-refractivity contribution in [1.29, 1.82) is 0 Å². The van der Waals surface area contributed by atoms with Crippen molar-refractivity contribution in [3.63, 3.8) is 0 Å². The van der Waals surface area contributed by atoms with Gasteiger partial charge in [0, 0.05) is 21.7 Å². The van der Waals surface area contributed by atoms with Crippen molar-refractivity contribution in [2.75, 3.05) is 11.5 Å². The molecule has 15 heavy (non-hydrogen) atoms. The van der Waals surface area contributed by atoms with E-state index in [9.17, 15) is 9.18 Å². The zero-order chi connectivity index (χ0) is 10.8. The highest BCUT2D eigenvalue weighted by Gasteiger charge is 2.25. The maximum atomic E-state index is 13.0. The van der Waals surface area contributed by atoms with Crippen molar-refractivity contribution in [3.05, 3.63) is 34.1 Å². The Kier molecular flexibility index (Phi) is 3.46. The van der Waals surface area contributed by atoms with E-state index in [1.54, 1.807) is 17.8 Å². The lowest BCUT2D eigenvalue weighted by Gasteiger charge is -2.08. The molecule has 0 amide bonds. The number of Topliss-reactive ketones (excluding diaryl/α,β-unsaturated/α-hetero) is 1. The summed E-state index contributed by atoms with van der Waals surface area (Å²) in [4.78, 5) is 12.0. The van der Waals surface area contributed by atoms with Gasteiger partial charge in [0.1, 0.15) is 5.82 Å². The zero-order valence-corrected chi connectivity index (χ0v) is 10.4. The standard InChI is InChI=1S/C11H10BrFOS/c12-10-2-1-8(13)5-9(10)11(14)7-3-4-15-6-7/h1-2,5,7H,3-4,6H2. The summed E-state index contributed by atoms with van der Waals surface area (Å²) >= 11 is 5.07. The molecule has 4 heteroatoms. The minimum atomic E-state index is -0.354. The third kappa shape index (κ3) is 2.42. The number of carbonyl (C=O) groups excluding carboxylic acids is 1. The number of halogens is 2. The van der Waals surface area contributed by atoms with Gasteiger partial charge in [0.05, 0.1) is 0 Å². The third-order valence-corrected chi connectivity index (χ3v) is 4.35. The first-order chi connectivity index (χ1) is 7.18. The lowest BCUT2D eigenvalue weighted by Crippen LogP contribution is -2.14. The molecule has 80 valence electrons. The molecular formula is C11H10BrFOS. The lowest BCUT2D eigenvalue weighted by molar-refractivity contribution is 0.0932. The Labute approximate surface area is 101 Å². The van der Waals surface area contributed by atoms with Crippen molar-refractivity contribution in [3.8, 4) is 0 Å². The van der Waals surface area contributed by atoms with Crippen LogP contribution >= 0.6 is 27.7 Å². The second kappa shape index (κ2) is 4.66. The Hall–Kier alpha value is -0.350. The van der Waals surface area contributed by atoms with Gasteiger partial charge in [-0.1, -0.05) is 15.9 Å². The van der Waals surface area contributed by atoms with Crippen LogP contribution in [0.4, 0.5) is 4.39 Å². The number of ketones is 1. The average Bonchev–Trinajstić information content (AvgIpc) is 2.74. The van der Waals surface area contributed by atoms with E-state index in [0.29, 0.717) is 10.0 Å². The van der Waals surface area contributed by atoms with Crippen LogP contribution < -0.4 is 0 Å². The monoisotopic (exact) mass is 288 g/mol. The molecule has 0 saturated carbocycles. The average molecular weight is 289 g/mol. The number of hydrogen-bond donors (Lipinski definition) is 0. The van der Waals surface area contributed by atoms with Gasteiger partial charge in [0.2, 0.25) is 0 Å². The summed E-state index contributed by atoms with van der Waals surface area (Å²) < 4.78 is 13.7. The molecule has 0 spiro atoms. The maximum Gasteiger partial charge on any atom is 0.168 e. The molecule has 1 saturated heterocycles.